The van der Waals surface area contributed by atoms with Crippen LogP contribution in [0, 0.1) is 0 Å². The Balaban J connectivity index is 1.63. The number of carbonyl (C=O) groups excluding carboxylic acids is 1. The number of halogens is 2. The van der Waals surface area contributed by atoms with Crippen LogP contribution in [0.3, 0.4) is 0 Å². The zero-order valence-electron chi connectivity index (χ0n) is 13.4. The Hall–Kier alpha value is -2.44. The zero-order chi connectivity index (χ0) is 17.8. The molecule has 0 aliphatic rings. The SMILES string of the molecule is CN(Cc1ccc(Cl)c(Cl)c1)C(=O)Cn1nnc(-c2ccccc2)n1. The minimum Gasteiger partial charge on any atom is -0.340 e. The molecule has 128 valence electrons. The van der Waals surface area contributed by atoms with E-state index >= 15 is 0 Å². The molecule has 0 bridgehead atoms. The van der Waals surface area contributed by atoms with Gasteiger partial charge >= 0.3 is 0 Å². The number of carbonyl (C=O) groups is 1. The highest BCUT2D eigenvalue weighted by molar-refractivity contribution is 6.42. The summed E-state index contributed by atoms with van der Waals surface area (Å²) in [4.78, 5) is 15.2. The first-order valence-corrected chi connectivity index (χ1v) is 8.29. The quantitative estimate of drug-likeness (QED) is 0.686. The number of nitrogens with zero attached hydrogens (tertiary/aromatic N) is 5. The summed E-state index contributed by atoms with van der Waals surface area (Å²) in [5, 5.41) is 13.1. The lowest BCUT2D eigenvalue weighted by atomic mass is 10.2. The first-order valence-electron chi connectivity index (χ1n) is 7.54. The lowest BCUT2D eigenvalue weighted by Crippen LogP contribution is -2.30. The fourth-order valence-corrected chi connectivity index (χ4v) is 2.58. The molecule has 1 amide bonds. The second kappa shape index (κ2) is 7.63. The molecule has 2 aromatic carbocycles. The number of tetrazole rings is 1. The summed E-state index contributed by atoms with van der Waals surface area (Å²) in [6.07, 6.45) is 0. The Morgan fingerprint density at radius 2 is 1.88 bits per heavy atom. The van der Waals surface area contributed by atoms with Crippen LogP contribution in [0.1, 0.15) is 5.56 Å². The molecule has 0 saturated carbocycles. The van der Waals surface area contributed by atoms with Crippen molar-refractivity contribution in [3.05, 3.63) is 64.1 Å². The van der Waals surface area contributed by atoms with Gasteiger partial charge in [0.05, 0.1) is 10.0 Å². The lowest BCUT2D eigenvalue weighted by Gasteiger charge is -2.17. The Morgan fingerprint density at radius 3 is 2.60 bits per heavy atom. The first-order chi connectivity index (χ1) is 12.0. The molecule has 1 heterocycles. The largest absolute Gasteiger partial charge is 0.340 e. The Morgan fingerprint density at radius 1 is 1.12 bits per heavy atom. The number of rotatable bonds is 5. The van der Waals surface area contributed by atoms with E-state index in [-0.39, 0.29) is 12.5 Å². The molecular formula is C17H15Cl2N5O. The first kappa shape index (κ1) is 17.4. The van der Waals surface area contributed by atoms with Crippen LogP contribution in [0.15, 0.2) is 48.5 Å². The van der Waals surface area contributed by atoms with Crippen molar-refractivity contribution >= 4 is 29.1 Å². The van der Waals surface area contributed by atoms with Crippen molar-refractivity contribution in [3.63, 3.8) is 0 Å². The Bertz CT molecular complexity index is 882. The third-order valence-electron chi connectivity index (χ3n) is 3.59. The van der Waals surface area contributed by atoms with E-state index < -0.39 is 0 Å². The van der Waals surface area contributed by atoms with Crippen LogP contribution in [-0.2, 0) is 17.9 Å². The fraction of sp³-hybridized carbons (Fsp3) is 0.176. The van der Waals surface area contributed by atoms with Crippen LogP contribution in [-0.4, -0.2) is 38.1 Å². The average molecular weight is 376 g/mol. The highest BCUT2D eigenvalue weighted by Gasteiger charge is 2.13. The van der Waals surface area contributed by atoms with Crippen LogP contribution in [0.5, 0.6) is 0 Å². The van der Waals surface area contributed by atoms with E-state index in [9.17, 15) is 4.79 Å². The number of benzene rings is 2. The maximum atomic E-state index is 12.4. The Kier molecular flexibility index (Phi) is 5.31. The van der Waals surface area contributed by atoms with Gasteiger partial charge in [-0.2, -0.15) is 4.80 Å². The summed E-state index contributed by atoms with van der Waals surface area (Å²) < 4.78 is 0. The van der Waals surface area contributed by atoms with Gasteiger partial charge in [0.1, 0.15) is 6.54 Å². The minimum absolute atomic E-state index is 0.0116. The topological polar surface area (TPSA) is 63.9 Å². The Labute approximate surface area is 155 Å². The van der Waals surface area contributed by atoms with Crippen molar-refractivity contribution in [2.75, 3.05) is 7.05 Å². The maximum Gasteiger partial charge on any atom is 0.246 e. The monoisotopic (exact) mass is 375 g/mol. The second-order valence-corrected chi connectivity index (χ2v) is 6.32. The molecule has 0 spiro atoms. The molecule has 0 unspecified atom stereocenters. The summed E-state index contributed by atoms with van der Waals surface area (Å²) in [6, 6.07) is 14.8. The van der Waals surface area contributed by atoms with Gasteiger partial charge in [-0.3, -0.25) is 4.79 Å². The summed E-state index contributed by atoms with van der Waals surface area (Å²) in [5.41, 5.74) is 1.74. The molecule has 1 aromatic heterocycles. The third-order valence-corrected chi connectivity index (χ3v) is 4.33. The van der Waals surface area contributed by atoms with Crippen molar-refractivity contribution in [3.8, 4) is 11.4 Å². The van der Waals surface area contributed by atoms with E-state index in [4.69, 9.17) is 23.2 Å². The van der Waals surface area contributed by atoms with Crippen LogP contribution < -0.4 is 0 Å². The van der Waals surface area contributed by atoms with Gasteiger partial charge in [-0.1, -0.05) is 59.6 Å². The third kappa shape index (κ3) is 4.35. The van der Waals surface area contributed by atoms with Gasteiger partial charge in [0, 0.05) is 19.2 Å². The van der Waals surface area contributed by atoms with Crippen molar-refractivity contribution < 1.29 is 4.79 Å². The zero-order valence-corrected chi connectivity index (χ0v) is 14.9. The number of hydrogen-bond acceptors (Lipinski definition) is 4. The lowest BCUT2D eigenvalue weighted by molar-refractivity contribution is -0.131. The van der Waals surface area contributed by atoms with Gasteiger partial charge in [-0.25, -0.2) is 0 Å². The summed E-state index contributed by atoms with van der Waals surface area (Å²) in [5.74, 6) is 0.351. The molecule has 0 saturated heterocycles. The number of likely N-dealkylation sites (N-methyl/N-ethyl adjacent to an activating group) is 1. The van der Waals surface area contributed by atoms with Gasteiger partial charge in [0.2, 0.25) is 11.7 Å². The van der Waals surface area contributed by atoms with Gasteiger partial charge in [0.15, 0.2) is 0 Å². The van der Waals surface area contributed by atoms with Gasteiger partial charge < -0.3 is 4.90 Å². The van der Waals surface area contributed by atoms with Gasteiger partial charge in [0.25, 0.3) is 0 Å². The number of amides is 1. The van der Waals surface area contributed by atoms with Crippen LogP contribution >= 0.6 is 23.2 Å². The van der Waals surface area contributed by atoms with Crippen LogP contribution in [0.25, 0.3) is 11.4 Å². The molecule has 0 aliphatic carbocycles. The maximum absolute atomic E-state index is 12.4. The molecule has 0 aliphatic heterocycles. The van der Waals surface area contributed by atoms with Crippen molar-refractivity contribution in [1.82, 2.24) is 25.1 Å². The molecule has 3 rings (SSSR count). The van der Waals surface area contributed by atoms with Crippen molar-refractivity contribution in [2.45, 2.75) is 13.1 Å². The van der Waals surface area contributed by atoms with Crippen LogP contribution in [0.2, 0.25) is 10.0 Å². The number of hydrogen-bond donors (Lipinski definition) is 0. The minimum atomic E-state index is -0.136. The van der Waals surface area contributed by atoms with E-state index in [1.54, 1.807) is 24.1 Å². The molecule has 3 aromatic rings. The standard InChI is InChI=1S/C17H15Cl2N5O/c1-23(10-12-7-8-14(18)15(19)9-12)16(25)11-24-21-17(20-22-24)13-5-3-2-4-6-13/h2-9H,10-11H2,1H3. The van der Waals surface area contributed by atoms with E-state index in [0.717, 1.165) is 11.1 Å². The predicted octanol–water partition coefficient (Wildman–Crippen LogP) is 3.31. The van der Waals surface area contributed by atoms with E-state index in [1.807, 2.05) is 36.4 Å². The van der Waals surface area contributed by atoms with Crippen molar-refractivity contribution in [2.24, 2.45) is 0 Å². The molecule has 0 atom stereocenters. The average Bonchev–Trinajstić information content (AvgIpc) is 3.07. The fourth-order valence-electron chi connectivity index (χ4n) is 2.25. The molecule has 25 heavy (non-hydrogen) atoms. The smallest absolute Gasteiger partial charge is 0.246 e. The van der Waals surface area contributed by atoms with E-state index in [2.05, 4.69) is 15.4 Å². The number of aromatic nitrogens is 4. The molecular weight excluding hydrogens is 361 g/mol. The molecule has 8 heteroatoms. The van der Waals surface area contributed by atoms with Gasteiger partial charge in [-0.05, 0) is 22.9 Å². The van der Waals surface area contributed by atoms with Crippen molar-refractivity contribution in [1.29, 1.82) is 0 Å². The second-order valence-electron chi connectivity index (χ2n) is 5.51. The molecule has 6 nitrogen and oxygen atoms in total. The predicted molar refractivity (Wildman–Crippen MR) is 96.2 cm³/mol. The van der Waals surface area contributed by atoms with E-state index in [0.29, 0.717) is 22.4 Å². The highest BCUT2D eigenvalue weighted by Crippen LogP contribution is 2.23. The summed E-state index contributed by atoms with van der Waals surface area (Å²) in [6.45, 7) is 0.424. The molecule has 0 N–H and O–H groups in total. The summed E-state index contributed by atoms with van der Waals surface area (Å²) >= 11 is 11.9. The van der Waals surface area contributed by atoms with Crippen LogP contribution in [0.4, 0.5) is 0 Å². The molecule has 0 fully saturated rings. The van der Waals surface area contributed by atoms with E-state index in [1.165, 1.54) is 4.80 Å². The summed E-state index contributed by atoms with van der Waals surface area (Å²) in [7, 11) is 1.71. The normalized spacial score (nSPS) is 10.7. The molecule has 0 radical (unpaired) electrons. The van der Waals surface area contributed by atoms with Gasteiger partial charge in [-0.15, -0.1) is 10.2 Å². The highest BCUT2D eigenvalue weighted by atomic mass is 35.5.